The van der Waals surface area contributed by atoms with Gasteiger partial charge in [0, 0.05) is 26.2 Å². The fraction of sp³-hybridized carbons (Fsp3) is 0.0714. The van der Waals surface area contributed by atoms with Crippen LogP contribution in [0.1, 0.15) is 15.9 Å². The van der Waals surface area contributed by atoms with E-state index in [2.05, 4.69) is 15.9 Å². The molecule has 5 heteroatoms. The van der Waals surface area contributed by atoms with E-state index in [1.165, 1.54) is 17.8 Å². The molecule has 0 aliphatic carbocycles. The molecule has 2 rings (SSSR count). The number of thioether (sulfide) groups is 1. The molecule has 1 nitrogen and oxygen atoms in total. The van der Waals surface area contributed by atoms with Gasteiger partial charge in [-0.05, 0) is 40.2 Å². The number of benzene rings is 2. The van der Waals surface area contributed by atoms with Crippen LogP contribution in [0.15, 0.2) is 45.8 Å². The number of halogens is 3. The summed E-state index contributed by atoms with van der Waals surface area (Å²) in [5, 5.41) is 0. The molecule has 0 unspecified atom stereocenters. The van der Waals surface area contributed by atoms with Gasteiger partial charge in [-0.2, -0.15) is 0 Å². The molecule has 19 heavy (non-hydrogen) atoms. The average molecular weight is 343 g/mol. The normalized spacial score (nSPS) is 10.5. The van der Waals surface area contributed by atoms with Gasteiger partial charge in [-0.15, -0.1) is 11.8 Å². The minimum Gasteiger partial charge on any atom is -0.298 e. The molecule has 0 bridgehead atoms. The molecule has 0 saturated carbocycles. The van der Waals surface area contributed by atoms with Crippen LogP contribution in [0, 0.1) is 11.6 Å². The van der Waals surface area contributed by atoms with Crippen LogP contribution < -0.4 is 0 Å². The molecule has 0 radical (unpaired) electrons. The van der Waals surface area contributed by atoms with Gasteiger partial charge in [0.05, 0.1) is 0 Å². The van der Waals surface area contributed by atoms with Gasteiger partial charge in [0.25, 0.3) is 0 Å². The van der Waals surface area contributed by atoms with Crippen LogP contribution in [0.5, 0.6) is 0 Å². The fourth-order valence-electron chi connectivity index (χ4n) is 1.58. The number of carbonyl (C=O) groups excluding carboxylic acids is 1. The molecule has 2 aromatic carbocycles. The standard InChI is InChI=1S/C14H9BrF2OS/c15-11-3-1-2-4-13(11)19-8-10-9(7-18)5-6-12(16)14(10)17/h1-7H,8H2. The Morgan fingerprint density at radius 3 is 2.58 bits per heavy atom. The molecule has 0 fully saturated rings. The van der Waals surface area contributed by atoms with E-state index in [9.17, 15) is 13.6 Å². The Morgan fingerprint density at radius 2 is 1.89 bits per heavy atom. The molecule has 0 saturated heterocycles. The second kappa shape index (κ2) is 6.30. The third-order valence-electron chi connectivity index (χ3n) is 2.57. The average Bonchev–Trinajstić information content (AvgIpc) is 2.42. The highest BCUT2D eigenvalue weighted by Crippen LogP contribution is 2.31. The maximum atomic E-state index is 13.7. The van der Waals surface area contributed by atoms with Gasteiger partial charge in [0.1, 0.15) is 6.29 Å². The minimum atomic E-state index is -0.954. The lowest BCUT2D eigenvalue weighted by Gasteiger charge is -2.08. The zero-order chi connectivity index (χ0) is 13.8. The Morgan fingerprint density at radius 1 is 1.16 bits per heavy atom. The zero-order valence-corrected chi connectivity index (χ0v) is 12.1. The van der Waals surface area contributed by atoms with Crippen molar-refractivity contribution in [3.8, 4) is 0 Å². The van der Waals surface area contributed by atoms with Crippen LogP contribution >= 0.6 is 27.7 Å². The van der Waals surface area contributed by atoms with Crippen LogP contribution in [0.3, 0.4) is 0 Å². The maximum absolute atomic E-state index is 13.7. The molecule has 0 heterocycles. The SMILES string of the molecule is O=Cc1ccc(F)c(F)c1CSc1ccccc1Br. The van der Waals surface area contributed by atoms with Crippen molar-refractivity contribution < 1.29 is 13.6 Å². The molecular weight excluding hydrogens is 334 g/mol. The summed E-state index contributed by atoms with van der Waals surface area (Å²) in [4.78, 5) is 11.8. The minimum absolute atomic E-state index is 0.0933. The maximum Gasteiger partial charge on any atom is 0.163 e. The predicted molar refractivity (Wildman–Crippen MR) is 75.4 cm³/mol. The summed E-state index contributed by atoms with van der Waals surface area (Å²) < 4.78 is 27.8. The van der Waals surface area contributed by atoms with Gasteiger partial charge < -0.3 is 0 Å². The highest BCUT2D eigenvalue weighted by atomic mass is 79.9. The lowest BCUT2D eigenvalue weighted by Crippen LogP contribution is -1.99. The molecule has 0 aliphatic rings. The van der Waals surface area contributed by atoms with E-state index >= 15 is 0 Å². The first kappa shape index (κ1) is 14.2. The molecule has 0 amide bonds. The molecule has 0 aromatic heterocycles. The summed E-state index contributed by atoms with van der Waals surface area (Å²) in [5.74, 6) is -1.70. The van der Waals surface area contributed by atoms with E-state index in [1.807, 2.05) is 24.3 Å². The Bertz CT molecular complexity index is 616. The van der Waals surface area contributed by atoms with Gasteiger partial charge in [0.15, 0.2) is 11.6 Å². The van der Waals surface area contributed by atoms with E-state index in [4.69, 9.17) is 0 Å². The molecule has 98 valence electrons. The van der Waals surface area contributed by atoms with Gasteiger partial charge in [-0.1, -0.05) is 12.1 Å². The second-order valence-electron chi connectivity index (χ2n) is 3.77. The third kappa shape index (κ3) is 3.22. The topological polar surface area (TPSA) is 17.1 Å². The van der Waals surface area contributed by atoms with Crippen molar-refractivity contribution >= 4 is 34.0 Å². The van der Waals surface area contributed by atoms with Crippen LogP contribution in [-0.2, 0) is 5.75 Å². The van der Waals surface area contributed by atoms with Crippen molar-refractivity contribution in [2.75, 3.05) is 0 Å². The highest BCUT2D eigenvalue weighted by Gasteiger charge is 2.14. The smallest absolute Gasteiger partial charge is 0.163 e. The first-order valence-corrected chi connectivity index (χ1v) is 7.20. The van der Waals surface area contributed by atoms with Gasteiger partial charge >= 0.3 is 0 Å². The van der Waals surface area contributed by atoms with Crippen LogP contribution in [-0.4, -0.2) is 6.29 Å². The Hall–Kier alpha value is -1.20. The summed E-state index contributed by atoms with van der Waals surface area (Å²) in [6, 6.07) is 9.72. The first-order chi connectivity index (χ1) is 9.13. The van der Waals surface area contributed by atoms with Crippen LogP contribution in [0.25, 0.3) is 0 Å². The fourth-order valence-corrected chi connectivity index (χ4v) is 3.18. The zero-order valence-electron chi connectivity index (χ0n) is 9.70. The summed E-state index contributed by atoms with van der Waals surface area (Å²) >= 11 is 4.72. The third-order valence-corrected chi connectivity index (χ3v) is 4.62. The predicted octanol–water partition coefficient (Wildman–Crippen LogP) is 4.83. The van der Waals surface area contributed by atoms with Gasteiger partial charge in [-0.25, -0.2) is 8.78 Å². The van der Waals surface area contributed by atoms with Crippen molar-refractivity contribution in [3.63, 3.8) is 0 Å². The van der Waals surface area contributed by atoms with Gasteiger partial charge in [0.2, 0.25) is 0 Å². The number of hydrogen-bond acceptors (Lipinski definition) is 2. The van der Waals surface area contributed by atoms with E-state index in [1.54, 1.807) is 0 Å². The van der Waals surface area contributed by atoms with Crippen molar-refractivity contribution in [2.45, 2.75) is 10.6 Å². The summed E-state index contributed by atoms with van der Waals surface area (Å²) in [6.45, 7) is 0. The summed E-state index contributed by atoms with van der Waals surface area (Å²) in [5.41, 5.74) is 0.272. The van der Waals surface area contributed by atoms with Gasteiger partial charge in [-0.3, -0.25) is 4.79 Å². The van der Waals surface area contributed by atoms with Crippen LogP contribution in [0.2, 0.25) is 0 Å². The summed E-state index contributed by atoms with van der Waals surface area (Å²) in [6.07, 6.45) is 0.540. The highest BCUT2D eigenvalue weighted by molar-refractivity contribution is 9.10. The Kier molecular flexibility index (Phi) is 4.71. The number of aldehydes is 1. The van der Waals surface area contributed by atoms with Crippen molar-refractivity contribution in [1.29, 1.82) is 0 Å². The number of hydrogen-bond donors (Lipinski definition) is 0. The molecule has 0 aliphatic heterocycles. The van der Waals surface area contributed by atoms with E-state index in [0.29, 0.717) is 6.29 Å². The lowest BCUT2D eigenvalue weighted by molar-refractivity contribution is 0.112. The van der Waals surface area contributed by atoms with Crippen LogP contribution in [0.4, 0.5) is 8.78 Å². The van der Waals surface area contributed by atoms with Crippen molar-refractivity contribution in [3.05, 3.63) is 63.6 Å². The van der Waals surface area contributed by atoms with Crippen molar-refractivity contribution in [1.82, 2.24) is 0 Å². The van der Waals surface area contributed by atoms with E-state index in [-0.39, 0.29) is 16.9 Å². The molecular formula is C14H9BrF2OS. The lowest BCUT2D eigenvalue weighted by atomic mass is 10.1. The number of carbonyl (C=O) groups is 1. The van der Waals surface area contributed by atoms with E-state index < -0.39 is 11.6 Å². The van der Waals surface area contributed by atoms with E-state index in [0.717, 1.165) is 15.4 Å². The quantitative estimate of drug-likeness (QED) is 0.584. The second-order valence-corrected chi connectivity index (χ2v) is 5.64. The molecule has 0 spiro atoms. The largest absolute Gasteiger partial charge is 0.298 e. The number of rotatable bonds is 4. The molecule has 2 aromatic rings. The Balaban J connectivity index is 2.27. The monoisotopic (exact) mass is 342 g/mol. The first-order valence-electron chi connectivity index (χ1n) is 5.43. The molecule has 0 atom stereocenters. The summed E-state index contributed by atoms with van der Waals surface area (Å²) in [7, 11) is 0. The molecule has 0 N–H and O–H groups in total. The van der Waals surface area contributed by atoms with Crippen molar-refractivity contribution in [2.24, 2.45) is 0 Å². The Labute approximate surface area is 122 Å².